The van der Waals surface area contributed by atoms with Crippen molar-refractivity contribution in [2.24, 2.45) is 0 Å². The number of benzene rings is 1. The zero-order chi connectivity index (χ0) is 26.8. The van der Waals surface area contributed by atoms with E-state index >= 15 is 0 Å². The van der Waals surface area contributed by atoms with Gasteiger partial charge in [0.15, 0.2) is 0 Å². The average Bonchev–Trinajstić information content (AvgIpc) is 2.76. The minimum absolute atomic E-state index is 0.0190. The first-order valence-electron chi connectivity index (χ1n) is 12.1. The van der Waals surface area contributed by atoms with Crippen molar-refractivity contribution in [2.75, 3.05) is 6.54 Å². The summed E-state index contributed by atoms with van der Waals surface area (Å²) >= 11 is 0. The van der Waals surface area contributed by atoms with Crippen LogP contribution < -0.4 is 0 Å². The summed E-state index contributed by atoms with van der Waals surface area (Å²) in [7, 11) is 0. The van der Waals surface area contributed by atoms with Crippen LogP contribution in [-0.2, 0) is 21.5 Å². The van der Waals surface area contributed by atoms with Crippen molar-refractivity contribution in [1.29, 1.82) is 0 Å². The Balaban J connectivity index is 2.22. The van der Waals surface area contributed by atoms with Crippen LogP contribution in [0, 0.1) is 5.82 Å². The third-order valence-electron chi connectivity index (χ3n) is 6.48. The fraction of sp³-hybridized carbons (Fsp3) is 0.464. The molecule has 3 N–H and O–H groups in total. The van der Waals surface area contributed by atoms with E-state index in [9.17, 15) is 24.2 Å². The molecule has 2 atom stereocenters. The number of carbonyl (C=O) groups excluding carboxylic acids is 1. The predicted octanol–water partition coefficient (Wildman–Crippen LogP) is 4.25. The van der Waals surface area contributed by atoms with Gasteiger partial charge >= 0.3 is 5.97 Å². The first kappa shape index (κ1) is 27.5. The van der Waals surface area contributed by atoms with E-state index in [1.807, 2.05) is 13.8 Å². The number of aliphatic hydroxyl groups is 2. The number of fused-ring (bicyclic) bond motifs is 1. The second-order valence-corrected chi connectivity index (χ2v) is 10.4. The highest BCUT2D eigenvalue weighted by Crippen LogP contribution is 2.42. The van der Waals surface area contributed by atoms with Crippen LogP contribution in [0.1, 0.15) is 75.9 Å². The number of hydrogen-bond donors (Lipinski definition) is 3. The molecule has 1 aliphatic heterocycles. The predicted molar refractivity (Wildman–Crippen MR) is 136 cm³/mol. The molecule has 1 aromatic heterocycles. The van der Waals surface area contributed by atoms with Crippen molar-refractivity contribution in [3.63, 3.8) is 0 Å². The lowest BCUT2D eigenvalue weighted by atomic mass is 9.77. The minimum atomic E-state index is -1.19. The summed E-state index contributed by atoms with van der Waals surface area (Å²) in [5, 5.41) is 29.3. The van der Waals surface area contributed by atoms with E-state index in [4.69, 9.17) is 10.1 Å². The summed E-state index contributed by atoms with van der Waals surface area (Å²) in [5.41, 5.74) is 4.46. The number of amides is 1. The molecule has 1 aliphatic rings. The van der Waals surface area contributed by atoms with Crippen molar-refractivity contribution < 1.29 is 29.3 Å². The van der Waals surface area contributed by atoms with E-state index in [-0.39, 0.29) is 24.1 Å². The first-order valence-corrected chi connectivity index (χ1v) is 12.1. The van der Waals surface area contributed by atoms with Gasteiger partial charge in [-0.25, -0.2) is 4.39 Å². The Morgan fingerprint density at radius 3 is 2.39 bits per heavy atom. The van der Waals surface area contributed by atoms with Crippen LogP contribution in [0.5, 0.6) is 0 Å². The lowest BCUT2D eigenvalue weighted by molar-refractivity contribution is -0.139. The largest absolute Gasteiger partial charge is 0.481 e. The average molecular weight is 499 g/mol. The molecular weight excluding hydrogens is 463 g/mol. The third-order valence-corrected chi connectivity index (χ3v) is 6.48. The standard InChI is InChI=1S/C28H35FN2O5/c1-16(2)26-22(11-10-20(33)12-21(34)13-24(35)36)25(18-6-8-19(29)9-7-18)23-14-31(17(3)32)15-28(4,5)27(23)30-26/h6-11,16,20-21,33-34H,12-15H2,1-5H3,(H,35,36)/b11-10+/t20-,21-/m1/s1. The SMILES string of the molecule is CC(=O)N1Cc2c(nc(C(C)C)c(/C=C/[C@@H](O)C[C@@H](O)CC(=O)O)c2-c2ccc(F)cc2)C(C)(C)C1. The van der Waals surface area contributed by atoms with Crippen molar-refractivity contribution in [3.8, 4) is 11.1 Å². The number of nitrogens with zero attached hydrogens (tertiary/aromatic N) is 2. The second-order valence-electron chi connectivity index (χ2n) is 10.4. The van der Waals surface area contributed by atoms with Gasteiger partial charge in [-0.05, 0) is 29.2 Å². The molecule has 0 spiro atoms. The highest BCUT2D eigenvalue weighted by Gasteiger charge is 2.37. The van der Waals surface area contributed by atoms with E-state index in [1.165, 1.54) is 25.1 Å². The lowest BCUT2D eigenvalue weighted by Crippen LogP contribution is -2.45. The van der Waals surface area contributed by atoms with Gasteiger partial charge in [-0.2, -0.15) is 0 Å². The van der Waals surface area contributed by atoms with Crippen molar-refractivity contribution >= 4 is 18.0 Å². The summed E-state index contributed by atoms with van der Waals surface area (Å²) in [6.07, 6.45) is 0.397. The number of hydrogen-bond acceptors (Lipinski definition) is 5. The van der Waals surface area contributed by atoms with Gasteiger partial charge in [0.2, 0.25) is 5.91 Å². The normalized spacial score (nSPS) is 16.8. The maximum absolute atomic E-state index is 13.8. The highest BCUT2D eigenvalue weighted by atomic mass is 19.1. The molecule has 0 saturated carbocycles. The fourth-order valence-electron chi connectivity index (χ4n) is 4.80. The van der Waals surface area contributed by atoms with Crippen LogP contribution in [0.15, 0.2) is 30.3 Å². The topological polar surface area (TPSA) is 111 Å². The summed E-state index contributed by atoms with van der Waals surface area (Å²) in [5.74, 6) is -1.54. The Morgan fingerprint density at radius 1 is 1.19 bits per heavy atom. The van der Waals surface area contributed by atoms with Gasteiger partial charge in [-0.1, -0.05) is 52.0 Å². The van der Waals surface area contributed by atoms with Crippen LogP contribution in [0.3, 0.4) is 0 Å². The van der Waals surface area contributed by atoms with E-state index in [1.54, 1.807) is 23.1 Å². The van der Waals surface area contributed by atoms with Gasteiger partial charge in [0.1, 0.15) is 5.82 Å². The van der Waals surface area contributed by atoms with Crippen LogP contribution in [0.2, 0.25) is 0 Å². The Bertz CT molecular complexity index is 1160. The number of carboxylic acid groups (broad SMARTS) is 1. The van der Waals surface area contributed by atoms with Crippen LogP contribution in [0.4, 0.5) is 4.39 Å². The van der Waals surface area contributed by atoms with Gasteiger partial charge in [0.25, 0.3) is 0 Å². The molecule has 0 saturated heterocycles. The fourth-order valence-corrected chi connectivity index (χ4v) is 4.80. The molecule has 7 nitrogen and oxygen atoms in total. The van der Waals surface area contributed by atoms with Crippen molar-refractivity contribution in [1.82, 2.24) is 9.88 Å². The lowest BCUT2D eigenvalue weighted by Gasteiger charge is -2.40. The molecule has 0 radical (unpaired) electrons. The van der Waals surface area contributed by atoms with Gasteiger partial charge < -0.3 is 20.2 Å². The molecule has 2 heterocycles. The molecule has 3 rings (SSSR count). The Kier molecular flexibility index (Phi) is 8.31. The van der Waals surface area contributed by atoms with Crippen LogP contribution in [0.25, 0.3) is 17.2 Å². The number of carbonyl (C=O) groups is 2. The Morgan fingerprint density at radius 2 is 1.83 bits per heavy atom. The maximum Gasteiger partial charge on any atom is 0.305 e. The molecule has 1 amide bonds. The van der Waals surface area contributed by atoms with Gasteiger partial charge in [0.05, 0.1) is 30.0 Å². The molecule has 36 heavy (non-hydrogen) atoms. The molecule has 194 valence electrons. The van der Waals surface area contributed by atoms with Crippen LogP contribution in [-0.4, -0.2) is 55.8 Å². The van der Waals surface area contributed by atoms with E-state index in [0.29, 0.717) is 13.1 Å². The summed E-state index contributed by atoms with van der Waals surface area (Å²) in [6.45, 7) is 10.6. The Labute approximate surface area is 211 Å². The number of aliphatic hydroxyl groups excluding tert-OH is 2. The molecular formula is C28H35FN2O5. The number of aliphatic carboxylic acids is 1. The first-order chi connectivity index (χ1) is 16.8. The van der Waals surface area contributed by atoms with Crippen LogP contribution >= 0.6 is 0 Å². The monoisotopic (exact) mass is 498 g/mol. The molecule has 0 unspecified atom stereocenters. The number of halogens is 1. The number of aromatic nitrogens is 1. The van der Waals surface area contributed by atoms with Gasteiger partial charge in [-0.3, -0.25) is 14.6 Å². The quantitative estimate of drug-likeness (QED) is 0.502. The minimum Gasteiger partial charge on any atom is -0.481 e. The number of pyridine rings is 1. The summed E-state index contributed by atoms with van der Waals surface area (Å²) in [4.78, 5) is 30.1. The molecule has 1 aromatic carbocycles. The number of carboxylic acids is 1. The van der Waals surface area contributed by atoms with E-state index in [2.05, 4.69) is 13.8 Å². The Hall–Kier alpha value is -3.10. The second kappa shape index (κ2) is 10.9. The molecule has 2 aromatic rings. The maximum atomic E-state index is 13.8. The summed E-state index contributed by atoms with van der Waals surface area (Å²) < 4.78 is 13.8. The zero-order valence-corrected chi connectivity index (χ0v) is 21.5. The van der Waals surface area contributed by atoms with Crippen molar-refractivity contribution in [3.05, 3.63) is 58.7 Å². The third kappa shape index (κ3) is 6.17. The smallest absolute Gasteiger partial charge is 0.305 e. The molecule has 0 bridgehead atoms. The van der Waals surface area contributed by atoms with E-state index < -0.39 is 30.0 Å². The van der Waals surface area contributed by atoms with Gasteiger partial charge in [0, 0.05) is 43.0 Å². The molecule has 0 fully saturated rings. The molecule has 8 heteroatoms. The van der Waals surface area contributed by atoms with Gasteiger partial charge in [-0.15, -0.1) is 0 Å². The highest BCUT2D eigenvalue weighted by molar-refractivity contribution is 5.82. The number of rotatable bonds is 8. The van der Waals surface area contributed by atoms with Crippen molar-refractivity contribution in [2.45, 2.75) is 77.5 Å². The summed E-state index contributed by atoms with van der Waals surface area (Å²) in [6, 6.07) is 6.16. The van der Waals surface area contributed by atoms with E-state index in [0.717, 1.165) is 33.6 Å². The molecule has 0 aliphatic carbocycles. The zero-order valence-electron chi connectivity index (χ0n) is 21.5.